The van der Waals surface area contributed by atoms with E-state index >= 15 is 0 Å². The molecule has 3 heteroatoms. The van der Waals surface area contributed by atoms with Gasteiger partial charge in [-0.25, -0.2) is 4.39 Å². The van der Waals surface area contributed by atoms with Gasteiger partial charge in [-0.2, -0.15) is 0 Å². The molecule has 2 rings (SSSR count). The Bertz CT molecular complexity index is 402. The van der Waals surface area contributed by atoms with Crippen molar-refractivity contribution in [3.05, 3.63) is 34.1 Å². The fourth-order valence-corrected chi connectivity index (χ4v) is 3.47. The Kier molecular flexibility index (Phi) is 5.83. The molecule has 1 aliphatic carbocycles. The minimum atomic E-state index is -0.184. The zero-order valence-electron chi connectivity index (χ0n) is 11.6. The van der Waals surface area contributed by atoms with Gasteiger partial charge in [-0.3, -0.25) is 0 Å². The predicted octanol–water partition coefficient (Wildman–Crippen LogP) is 5.21. The Morgan fingerprint density at radius 1 is 1.32 bits per heavy atom. The van der Waals surface area contributed by atoms with Crippen molar-refractivity contribution >= 4 is 15.9 Å². The first-order valence-corrected chi connectivity index (χ1v) is 8.18. The lowest BCUT2D eigenvalue weighted by Gasteiger charge is -2.27. The molecule has 0 aliphatic heterocycles. The third-order valence-electron chi connectivity index (χ3n) is 4.09. The van der Waals surface area contributed by atoms with Crippen molar-refractivity contribution in [3.63, 3.8) is 0 Å². The molecule has 1 N–H and O–H groups in total. The lowest BCUT2D eigenvalue weighted by molar-refractivity contribution is 0.301. The van der Waals surface area contributed by atoms with Crippen molar-refractivity contribution in [1.29, 1.82) is 0 Å². The highest BCUT2D eigenvalue weighted by atomic mass is 79.9. The fourth-order valence-electron chi connectivity index (χ4n) is 3.07. The van der Waals surface area contributed by atoms with Crippen LogP contribution in [0.5, 0.6) is 0 Å². The van der Waals surface area contributed by atoms with Gasteiger partial charge in [0.1, 0.15) is 5.82 Å². The van der Waals surface area contributed by atoms with Gasteiger partial charge in [0.25, 0.3) is 0 Å². The molecule has 1 aromatic rings. The van der Waals surface area contributed by atoms with Crippen LogP contribution in [-0.4, -0.2) is 6.54 Å². The van der Waals surface area contributed by atoms with Crippen molar-refractivity contribution in [3.8, 4) is 0 Å². The van der Waals surface area contributed by atoms with Gasteiger partial charge in [-0.15, -0.1) is 0 Å². The SMILES string of the molecule is CCNC(CC1CCCCC1)c1ccc(F)c(Br)c1. The maximum atomic E-state index is 13.3. The first kappa shape index (κ1) is 15.0. The third kappa shape index (κ3) is 4.28. The van der Waals surface area contributed by atoms with Crippen LogP contribution >= 0.6 is 15.9 Å². The van der Waals surface area contributed by atoms with Crippen molar-refractivity contribution in [2.24, 2.45) is 5.92 Å². The van der Waals surface area contributed by atoms with Gasteiger partial charge in [0.15, 0.2) is 0 Å². The summed E-state index contributed by atoms with van der Waals surface area (Å²) in [5, 5.41) is 3.55. The molecule has 19 heavy (non-hydrogen) atoms. The highest BCUT2D eigenvalue weighted by Crippen LogP contribution is 2.32. The first-order valence-electron chi connectivity index (χ1n) is 7.39. The Morgan fingerprint density at radius 2 is 2.05 bits per heavy atom. The average molecular weight is 328 g/mol. The maximum absolute atomic E-state index is 13.3. The van der Waals surface area contributed by atoms with Crippen LogP contribution in [0.4, 0.5) is 4.39 Å². The number of halogens is 2. The molecule has 1 aromatic carbocycles. The van der Waals surface area contributed by atoms with Gasteiger partial charge in [0, 0.05) is 6.04 Å². The number of rotatable bonds is 5. The maximum Gasteiger partial charge on any atom is 0.137 e. The van der Waals surface area contributed by atoms with Gasteiger partial charge in [0.05, 0.1) is 4.47 Å². The minimum Gasteiger partial charge on any atom is -0.310 e. The molecule has 0 radical (unpaired) electrons. The lowest BCUT2D eigenvalue weighted by atomic mass is 9.83. The molecule has 1 fully saturated rings. The first-order chi connectivity index (χ1) is 9.20. The van der Waals surface area contributed by atoms with Crippen LogP contribution in [0.25, 0.3) is 0 Å². The van der Waals surface area contributed by atoms with E-state index < -0.39 is 0 Å². The molecule has 0 aromatic heterocycles. The van der Waals surface area contributed by atoms with E-state index in [4.69, 9.17) is 0 Å². The Hall–Kier alpha value is -0.410. The normalized spacial score (nSPS) is 18.5. The average Bonchev–Trinajstić information content (AvgIpc) is 2.43. The highest BCUT2D eigenvalue weighted by molar-refractivity contribution is 9.10. The molecule has 1 atom stereocenters. The van der Waals surface area contributed by atoms with E-state index in [0.29, 0.717) is 10.5 Å². The van der Waals surface area contributed by atoms with E-state index in [9.17, 15) is 4.39 Å². The number of hydrogen-bond acceptors (Lipinski definition) is 1. The molecule has 0 spiro atoms. The van der Waals surface area contributed by atoms with E-state index in [1.165, 1.54) is 44.1 Å². The Morgan fingerprint density at radius 3 is 2.68 bits per heavy atom. The minimum absolute atomic E-state index is 0.184. The zero-order valence-corrected chi connectivity index (χ0v) is 13.2. The van der Waals surface area contributed by atoms with Crippen LogP contribution in [0, 0.1) is 11.7 Å². The molecule has 0 heterocycles. The smallest absolute Gasteiger partial charge is 0.137 e. The van der Waals surface area contributed by atoms with E-state index in [2.05, 4.69) is 28.2 Å². The topological polar surface area (TPSA) is 12.0 Å². The van der Waals surface area contributed by atoms with E-state index in [0.717, 1.165) is 12.5 Å². The molecule has 1 nitrogen and oxygen atoms in total. The summed E-state index contributed by atoms with van der Waals surface area (Å²) < 4.78 is 13.9. The van der Waals surface area contributed by atoms with Crippen LogP contribution in [0.1, 0.15) is 57.1 Å². The molecule has 0 saturated heterocycles. The largest absolute Gasteiger partial charge is 0.310 e. The fraction of sp³-hybridized carbons (Fsp3) is 0.625. The summed E-state index contributed by atoms with van der Waals surface area (Å²) in [5.41, 5.74) is 1.20. The van der Waals surface area contributed by atoms with Crippen LogP contribution in [0.3, 0.4) is 0 Å². The Balaban J connectivity index is 2.07. The molecular formula is C16H23BrFN. The molecular weight excluding hydrogens is 305 g/mol. The summed E-state index contributed by atoms with van der Waals surface area (Å²) in [6.45, 7) is 3.08. The summed E-state index contributed by atoms with van der Waals surface area (Å²) in [6.07, 6.45) is 8.01. The van der Waals surface area contributed by atoms with Gasteiger partial charge < -0.3 is 5.32 Å². The van der Waals surface area contributed by atoms with Crippen LogP contribution in [-0.2, 0) is 0 Å². The second-order valence-corrected chi connectivity index (χ2v) is 6.38. The van der Waals surface area contributed by atoms with Crippen LogP contribution in [0.15, 0.2) is 22.7 Å². The van der Waals surface area contributed by atoms with Gasteiger partial charge in [0.2, 0.25) is 0 Å². The van der Waals surface area contributed by atoms with Crippen LogP contribution in [0.2, 0.25) is 0 Å². The van der Waals surface area contributed by atoms with Gasteiger partial charge in [-0.1, -0.05) is 45.1 Å². The van der Waals surface area contributed by atoms with E-state index in [-0.39, 0.29) is 5.82 Å². The molecule has 1 saturated carbocycles. The van der Waals surface area contributed by atoms with Gasteiger partial charge in [-0.05, 0) is 52.5 Å². The summed E-state index contributed by atoms with van der Waals surface area (Å²) in [7, 11) is 0. The monoisotopic (exact) mass is 327 g/mol. The number of nitrogens with one attached hydrogen (secondary N) is 1. The molecule has 0 bridgehead atoms. The summed E-state index contributed by atoms with van der Waals surface area (Å²) in [6, 6.07) is 5.75. The lowest BCUT2D eigenvalue weighted by Crippen LogP contribution is -2.24. The van der Waals surface area contributed by atoms with E-state index in [1.807, 2.05) is 12.1 Å². The summed E-state index contributed by atoms with van der Waals surface area (Å²) >= 11 is 3.29. The summed E-state index contributed by atoms with van der Waals surface area (Å²) in [5.74, 6) is 0.637. The second-order valence-electron chi connectivity index (χ2n) is 5.52. The van der Waals surface area contributed by atoms with Crippen molar-refractivity contribution in [1.82, 2.24) is 5.32 Å². The second kappa shape index (κ2) is 7.39. The molecule has 1 unspecified atom stereocenters. The third-order valence-corrected chi connectivity index (χ3v) is 4.70. The molecule has 1 aliphatic rings. The van der Waals surface area contributed by atoms with Crippen LogP contribution < -0.4 is 5.32 Å². The van der Waals surface area contributed by atoms with Crippen molar-refractivity contribution in [2.45, 2.75) is 51.5 Å². The predicted molar refractivity (Wildman–Crippen MR) is 81.7 cm³/mol. The van der Waals surface area contributed by atoms with Gasteiger partial charge >= 0.3 is 0 Å². The summed E-state index contributed by atoms with van der Waals surface area (Å²) in [4.78, 5) is 0. The number of benzene rings is 1. The zero-order chi connectivity index (χ0) is 13.7. The quantitative estimate of drug-likeness (QED) is 0.782. The van der Waals surface area contributed by atoms with Crippen molar-refractivity contribution in [2.75, 3.05) is 6.54 Å². The molecule has 106 valence electrons. The van der Waals surface area contributed by atoms with Crippen molar-refractivity contribution < 1.29 is 4.39 Å². The highest BCUT2D eigenvalue weighted by Gasteiger charge is 2.20. The number of hydrogen-bond donors (Lipinski definition) is 1. The molecule has 0 amide bonds. The standard InChI is InChI=1S/C16H23BrFN/c1-2-19-16(10-12-6-4-3-5-7-12)13-8-9-15(18)14(17)11-13/h8-9,11-12,16,19H,2-7,10H2,1H3. The van der Waals surface area contributed by atoms with E-state index in [1.54, 1.807) is 6.07 Å². The Labute approximate surface area is 124 Å².